The van der Waals surface area contributed by atoms with Gasteiger partial charge in [-0.3, -0.25) is 0 Å². The summed E-state index contributed by atoms with van der Waals surface area (Å²) in [7, 11) is 0. The Hall–Kier alpha value is -1.34. The lowest BCUT2D eigenvalue weighted by molar-refractivity contribution is 1.17. The van der Waals surface area contributed by atoms with Crippen LogP contribution < -0.4 is 0 Å². The summed E-state index contributed by atoms with van der Waals surface area (Å²) in [6, 6.07) is 5.73. The molecule has 0 saturated carbocycles. The molecule has 4 heteroatoms. The van der Waals surface area contributed by atoms with E-state index in [0.29, 0.717) is 5.69 Å². The Morgan fingerprint density at radius 1 is 1.42 bits per heavy atom. The minimum atomic E-state index is 0.438. The standard InChI is InChI=1S/C8H4BrN3/c9-6-1-2-8-11-7(3-10)5-12(8)4-6/h1-2,4-5H. The van der Waals surface area contributed by atoms with Crippen LogP contribution >= 0.6 is 15.9 Å². The van der Waals surface area contributed by atoms with Gasteiger partial charge in [0.15, 0.2) is 5.69 Å². The summed E-state index contributed by atoms with van der Waals surface area (Å²) in [5.74, 6) is 0. The van der Waals surface area contributed by atoms with E-state index in [1.165, 1.54) is 0 Å². The molecule has 0 aromatic carbocycles. The van der Waals surface area contributed by atoms with Crippen LogP contribution in [0.25, 0.3) is 5.65 Å². The van der Waals surface area contributed by atoms with E-state index in [-0.39, 0.29) is 0 Å². The molecule has 2 heterocycles. The van der Waals surface area contributed by atoms with Gasteiger partial charge in [0.05, 0.1) is 0 Å². The van der Waals surface area contributed by atoms with Crippen LogP contribution in [0, 0.1) is 11.3 Å². The zero-order valence-electron chi connectivity index (χ0n) is 6.03. The Bertz CT molecular complexity index is 467. The highest BCUT2D eigenvalue weighted by molar-refractivity contribution is 9.10. The number of nitriles is 1. The largest absolute Gasteiger partial charge is 0.305 e. The van der Waals surface area contributed by atoms with Gasteiger partial charge >= 0.3 is 0 Å². The molecule has 0 aliphatic rings. The zero-order valence-corrected chi connectivity index (χ0v) is 7.62. The molecule has 0 saturated heterocycles. The molecule has 0 aliphatic carbocycles. The lowest BCUT2D eigenvalue weighted by Crippen LogP contribution is -1.80. The molecule has 3 nitrogen and oxygen atoms in total. The Morgan fingerprint density at radius 3 is 3.00 bits per heavy atom. The van der Waals surface area contributed by atoms with Crippen molar-refractivity contribution in [1.82, 2.24) is 9.38 Å². The Morgan fingerprint density at radius 2 is 2.25 bits per heavy atom. The lowest BCUT2D eigenvalue weighted by Gasteiger charge is -1.91. The van der Waals surface area contributed by atoms with Crippen LogP contribution in [-0.2, 0) is 0 Å². The van der Waals surface area contributed by atoms with E-state index >= 15 is 0 Å². The summed E-state index contributed by atoms with van der Waals surface area (Å²) < 4.78 is 2.78. The van der Waals surface area contributed by atoms with Crippen molar-refractivity contribution in [3.63, 3.8) is 0 Å². The number of imidazole rings is 1. The summed E-state index contributed by atoms with van der Waals surface area (Å²) in [6.07, 6.45) is 3.56. The Balaban J connectivity index is 2.77. The summed E-state index contributed by atoms with van der Waals surface area (Å²) >= 11 is 3.33. The minimum absolute atomic E-state index is 0.438. The van der Waals surface area contributed by atoms with Crippen molar-refractivity contribution in [2.45, 2.75) is 0 Å². The number of fused-ring (bicyclic) bond motifs is 1. The fraction of sp³-hybridized carbons (Fsp3) is 0. The van der Waals surface area contributed by atoms with Crippen LogP contribution in [-0.4, -0.2) is 9.38 Å². The zero-order chi connectivity index (χ0) is 8.55. The molecule has 0 aliphatic heterocycles. The van der Waals surface area contributed by atoms with Crippen LogP contribution in [0.1, 0.15) is 5.69 Å². The van der Waals surface area contributed by atoms with Gasteiger partial charge in [-0.05, 0) is 28.1 Å². The first-order valence-corrected chi connectivity index (χ1v) is 4.13. The number of halogens is 1. The second kappa shape index (κ2) is 2.61. The predicted octanol–water partition coefficient (Wildman–Crippen LogP) is 1.97. The highest BCUT2D eigenvalue weighted by atomic mass is 79.9. The summed E-state index contributed by atoms with van der Waals surface area (Å²) in [6.45, 7) is 0. The molecule has 0 atom stereocenters. The predicted molar refractivity (Wildman–Crippen MR) is 47.6 cm³/mol. The highest BCUT2D eigenvalue weighted by Crippen LogP contribution is 2.11. The van der Waals surface area contributed by atoms with Gasteiger partial charge in [0.2, 0.25) is 0 Å². The third-order valence-corrected chi connectivity index (χ3v) is 2.00. The van der Waals surface area contributed by atoms with Gasteiger partial charge in [-0.2, -0.15) is 5.26 Å². The van der Waals surface area contributed by atoms with Crippen molar-refractivity contribution in [2.24, 2.45) is 0 Å². The van der Waals surface area contributed by atoms with E-state index in [9.17, 15) is 0 Å². The van der Waals surface area contributed by atoms with E-state index in [4.69, 9.17) is 5.26 Å². The summed E-state index contributed by atoms with van der Waals surface area (Å²) in [5.41, 5.74) is 1.22. The monoisotopic (exact) mass is 221 g/mol. The van der Waals surface area contributed by atoms with Gasteiger partial charge in [0, 0.05) is 16.9 Å². The number of hydrogen-bond donors (Lipinski definition) is 0. The number of aromatic nitrogens is 2. The molecule has 0 unspecified atom stereocenters. The topological polar surface area (TPSA) is 41.1 Å². The Kier molecular flexibility index (Phi) is 1.59. The van der Waals surface area contributed by atoms with Crippen LogP contribution in [0.2, 0.25) is 0 Å². The molecule has 58 valence electrons. The first-order valence-electron chi connectivity index (χ1n) is 3.34. The van der Waals surface area contributed by atoms with E-state index in [1.54, 1.807) is 6.20 Å². The fourth-order valence-corrected chi connectivity index (χ4v) is 1.37. The molecular weight excluding hydrogens is 218 g/mol. The Labute approximate surface area is 77.4 Å². The maximum atomic E-state index is 8.57. The van der Waals surface area contributed by atoms with Crippen molar-refractivity contribution in [3.05, 3.63) is 34.7 Å². The van der Waals surface area contributed by atoms with Gasteiger partial charge in [0.25, 0.3) is 0 Å². The lowest BCUT2D eigenvalue weighted by atomic mass is 10.5. The van der Waals surface area contributed by atoms with Gasteiger partial charge in [-0.15, -0.1) is 0 Å². The third kappa shape index (κ3) is 1.08. The van der Waals surface area contributed by atoms with Crippen molar-refractivity contribution in [3.8, 4) is 6.07 Å². The van der Waals surface area contributed by atoms with Crippen molar-refractivity contribution in [1.29, 1.82) is 5.26 Å². The average molecular weight is 222 g/mol. The van der Waals surface area contributed by atoms with Crippen molar-refractivity contribution in [2.75, 3.05) is 0 Å². The van der Waals surface area contributed by atoms with Gasteiger partial charge in [-0.25, -0.2) is 4.98 Å². The molecule has 0 amide bonds. The first-order chi connectivity index (χ1) is 5.79. The fourth-order valence-electron chi connectivity index (χ4n) is 1.02. The summed E-state index contributed by atoms with van der Waals surface area (Å²) in [5, 5.41) is 8.57. The molecule has 0 fully saturated rings. The van der Waals surface area contributed by atoms with Crippen molar-refractivity contribution < 1.29 is 0 Å². The van der Waals surface area contributed by atoms with E-state index in [1.807, 2.05) is 28.8 Å². The molecule has 2 rings (SSSR count). The molecule has 2 aromatic heterocycles. The molecule has 0 spiro atoms. The van der Waals surface area contributed by atoms with Crippen LogP contribution in [0.15, 0.2) is 29.0 Å². The van der Waals surface area contributed by atoms with Crippen LogP contribution in [0.5, 0.6) is 0 Å². The summed E-state index contributed by atoms with van der Waals surface area (Å²) in [4.78, 5) is 4.05. The van der Waals surface area contributed by atoms with Gasteiger partial charge in [0.1, 0.15) is 11.7 Å². The second-order valence-corrected chi connectivity index (χ2v) is 3.27. The minimum Gasteiger partial charge on any atom is -0.305 e. The van der Waals surface area contributed by atoms with Gasteiger partial charge < -0.3 is 4.40 Å². The molecule has 0 bridgehead atoms. The molecular formula is C8H4BrN3. The molecule has 0 N–H and O–H groups in total. The quantitative estimate of drug-likeness (QED) is 0.683. The van der Waals surface area contributed by atoms with Gasteiger partial charge in [-0.1, -0.05) is 0 Å². The molecule has 2 aromatic rings. The maximum absolute atomic E-state index is 8.57. The highest BCUT2D eigenvalue weighted by Gasteiger charge is 1.98. The second-order valence-electron chi connectivity index (χ2n) is 2.35. The van der Waals surface area contributed by atoms with Crippen molar-refractivity contribution >= 4 is 21.6 Å². The number of hydrogen-bond acceptors (Lipinski definition) is 2. The van der Waals surface area contributed by atoms with E-state index in [2.05, 4.69) is 20.9 Å². The van der Waals surface area contributed by atoms with Crippen LogP contribution in [0.4, 0.5) is 0 Å². The van der Waals surface area contributed by atoms with E-state index < -0.39 is 0 Å². The number of nitrogens with zero attached hydrogens (tertiary/aromatic N) is 3. The first kappa shape index (κ1) is 7.32. The maximum Gasteiger partial charge on any atom is 0.159 e. The van der Waals surface area contributed by atoms with Crippen LogP contribution in [0.3, 0.4) is 0 Å². The number of rotatable bonds is 0. The SMILES string of the molecule is N#Cc1cn2cc(Br)ccc2n1. The molecule has 0 radical (unpaired) electrons. The van der Waals surface area contributed by atoms with E-state index in [0.717, 1.165) is 10.1 Å². The third-order valence-electron chi connectivity index (χ3n) is 1.53. The average Bonchev–Trinajstić information content (AvgIpc) is 2.46. The smallest absolute Gasteiger partial charge is 0.159 e. The normalized spacial score (nSPS) is 10.0. The number of pyridine rings is 1. The molecule has 12 heavy (non-hydrogen) atoms.